The fraction of sp³-hybridized carbons (Fsp3) is 0.941. The highest BCUT2D eigenvalue weighted by atomic mass is 16.4. The van der Waals surface area contributed by atoms with Crippen molar-refractivity contribution in [2.45, 2.75) is 96.2 Å². The standard InChI is InChI=1S/C17H32O4/c1-17(15(19)12-14(18)13-16(20)21)10-8-6-4-2-3-5-7-9-11-17/h14-15,18-19H,2-13H2,1H3,(H,20,21)/t14-,15+/m1/s1. The van der Waals surface area contributed by atoms with Crippen LogP contribution in [0.1, 0.15) is 84.0 Å². The molecule has 1 aliphatic rings. The van der Waals surface area contributed by atoms with Crippen molar-refractivity contribution < 1.29 is 20.1 Å². The van der Waals surface area contributed by atoms with Gasteiger partial charge in [0, 0.05) is 6.42 Å². The third-order valence-electron chi connectivity index (χ3n) is 4.96. The van der Waals surface area contributed by atoms with Crippen molar-refractivity contribution in [2.24, 2.45) is 5.41 Å². The molecule has 1 fully saturated rings. The van der Waals surface area contributed by atoms with E-state index in [0.717, 1.165) is 25.7 Å². The number of hydrogen-bond acceptors (Lipinski definition) is 3. The van der Waals surface area contributed by atoms with Crippen molar-refractivity contribution in [3.63, 3.8) is 0 Å². The van der Waals surface area contributed by atoms with E-state index in [4.69, 9.17) is 5.11 Å². The summed E-state index contributed by atoms with van der Waals surface area (Å²) in [6, 6.07) is 0. The van der Waals surface area contributed by atoms with Gasteiger partial charge in [0.1, 0.15) is 0 Å². The zero-order chi connectivity index (χ0) is 15.7. The molecule has 4 nitrogen and oxygen atoms in total. The summed E-state index contributed by atoms with van der Waals surface area (Å²) in [6.07, 6.45) is 10.1. The molecule has 1 saturated carbocycles. The summed E-state index contributed by atoms with van der Waals surface area (Å²) in [7, 11) is 0. The number of rotatable bonds is 5. The summed E-state index contributed by atoms with van der Waals surface area (Å²) in [6.45, 7) is 2.10. The number of aliphatic hydroxyl groups is 2. The first kappa shape index (κ1) is 18.4. The van der Waals surface area contributed by atoms with Crippen LogP contribution in [0.3, 0.4) is 0 Å². The van der Waals surface area contributed by atoms with E-state index in [1.807, 2.05) is 0 Å². The minimum Gasteiger partial charge on any atom is -0.481 e. The predicted octanol–water partition coefficient (Wildman–Crippen LogP) is 3.49. The molecule has 0 spiro atoms. The van der Waals surface area contributed by atoms with Gasteiger partial charge in [0.25, 0.3) is 0 Å². The highest BCUT2D eigenvalue weighted by Crippen LogP contribution is 2.37. The maximum absolute atomic E-state index is 10.6. The number of aliphatic carboxylic acids is 1. The zero-order valence-corrected chi connectivity index (χ0v) is 13.4. The second-order valence-electron chi connectivity index (χ2n) is 6.99. The molecule has 1 rings (SSSR count). The maximum Gasteiger partial charge on any atom is 0.305 e. The molecule has 0 aliphatic heterocycles. The molecular formula is C17H32O4. The summed E-state index contributed by atoms with van der Waals surface area (Å²) in [5.74, 6) is -1.01. The molecule has 0 aromatic rings. The van der Waals surface area contributed by atoms with E-state index in [9.17, 15) is 15.0 Å². The van der Waals surface area contributed by atoms with Crippen LogP contribution < -0.4 is 0 Å². The van der Waals surface area contributed by atoms with Gasteiger partial charge in [-0.15, -0.1) is 0 Å². The second-order valence-corrected chi connectivity index (χ2v) is 6.99. The Bertz CT molecular complexity index is 291. The Morgan fingerprint density at radius 1 is 0.952 bits per heavy atom. The van der Waals surface area contributed by atoms with Crippen LogP contribution in [-0.2, 0) is 4.79 Å². The highest BCUT2D eigenvalue weighted by Gasteiger charge is 2.33. The van der Waals surface area contributed by atoms with Gasteiger partial charge in [0.2, 0.25) is 0 Å². The van der Waals surface area contributed by atoms with Crippen molar-refractivity contribution in [3.05, 3.63) is 0 Å². The molecule has 0 heterocycles. The minimum absolute atomic E-state index is 0.169. The van der Waals surface area contributed by atoms with Gasteiger partial charge in [0.15, 0.2) is 0 Å². The molecule has 0 aromatic heterocycles. The van der Waals surface area contributed by atoms with Gasteiger partial charge in [-0.25, -0.2) is 0 Å². The average Bonchev–Trinajstić information content (AvgIpc) is 2.43. The summed E-state index contributed by atoms with van der Waals surface area (Å²) >= 11 is 0. The lowest BCUT2D eigenvalue weighted by atomic mass is 9.73. The first-order valence-corrected chi connectivity index (χ1v) is 8.52. The molecule has 0 amide bonds. The van der Waals surface area contributed by atoms with Crippen molar-refractivity contribution in [1.29, 1.82) is 0 Å². The number of hydrogen-bond donors (Lipinski definition) is 3. The van der Waals surface area contributed by atoms with E-state index < -0.39 is 18.2 Å². The summed E-state index contributed by atoms with van der Waals surface area (Å²) in [4.78, 5) is 10.6. The van der Waals surface area contributed by atoms with Crippen molar-refractivity contribution >= 4 is 5.97 Å². The lowest BCUT2D eigenvalue weighted by molar-refractivity contribution is -0.139. The van der Waals surface area contributed by atoms with E-state index in [1.54, 1.807) is 0 Å². The quantitative estimate of drug-likeness (QED) is 0.726. The topological polar surface area (TPSA) is 77.8 Å². The molecule has 4 heteroatoms. The average molecular weight is 300 g/mol. The number of carboxylic acids is 1. The van der Waals surface area contributed by atoms with Crippen LogP contribution in [0.5, 0.6) is 0 Å². The molecule has 124 valence electrons. The van der Waals surface area contributed by atoms with Crippen LogP contribution in [0, 0.1) is 5.41 Å². The lowest BCUT2D eigenvalue weighted by Gasteiger charge is -2.36. The van der Waals surface area contributed by atoms with E-state index in [-0.39, 0.29) is 18.3 Å². The van der Waals surface area contributed by atoms with Gasteiger partial charge in [-0.05, 0) is 18.3 Å². The van der Waals surface area contributed by atoms with Gasteiger partial charge in [-0.1, -0.05) is 58.3 Å². The van der Waals surface area contributed by atoms with Gasteiger partial charge in [-0.3, -0.25) is 4.79 Å². The van der Waals surface area contributed by atoms with Crippen molar-refractivity contribution in [2.75, 3.05) is 0 Å². The molecule has 0 unspecified atom stereocenters. The molecule has 0 aromatic carbocycles. The predicted molar refractivity (Wildman–Crippen MR) is 83.2 cm³/mol. The van der Waals surface area contributed by atoms with Gasteiger partial charge < -0.3 is 15.3 Å². The minimum atomic E-state index is -1.01. The Hall–Kier alpha value is -0.610. The summed E-state index contributed by atoms with van der Waals surface area (Å²) < 4.78 is 0. The normalized spacial score (nSPS) is 23.8. The molecule has 0 bridgehead atoms. The Morgan fingerprint density at radius 3 is 1.81 bits per heavy atom. The van der Waals surface area contributed by atoms with Crippen LogP contribution in [0.4, 0.5) is 0 Å². The third kappa shape index (κ3) is 7.28. The molecule has 2 atom stereocenters. The highest BCUT2D eigenvalue weighted by molar-refractivity contribution is 5.67. The van der Waals surface area contributed by atoms with Gasteiger partial charge in [-0.2, -0.15) is 0 Å². The van der Waals surface area contributed by atoms with Gasteiger partial charge >= 0.3 is 5.97 Å². The Balaban J connectivity index is 2.56. The third-order valence-corrected chi connectivity index (χ3v) is 4.96. The summed E-state index contributed by atoms with van der Waals surface area (Å²) in [5.41, 5.74) is -0.191. The molecular weight excluding hydrogens is 268 g/mol. The van der Waals surface area contributed by atoms with Crippen LogP contribution in [0.2, 0.25) is 0 Å². The van der Waals surface area contributed by atoms with E-state index in [1.165, 1.54) is 38.5 Å². The Kier molecular flexibility index (Phi) is 8.27. The van der Waals surface area contributed by atoms with Crippen LogP contribution in [0.25, 0.3) is 0 Å². The fourth-order valence-electron chi connectivity index (χ4n) is 3.40. The molecule has 3 N–H and O–H groups in total. The maximum atomic E-state index is 10.6. The monoisotopic (exact) mass is 300 g/mol. The lowest BCUT2D eigenvalue weighted by Crippen LogP contribution is -2.36. The molecule has 1 aliphatic carbocycles. The van der Waals surface area contributed by atoms with Crippen LogP contribution in [-0.4, -0.2) is 33.5 Å². The molecule has 21 heavy (non-hydrogen) atoms. The van der Waals surface area contributed by atoms with E-state index in [2.05, 4.69) is 6.92 Å². The largest absolute Gasteiger partial charge is 0.481 e. The first-order chi connectivity index (χ1) is 9.94. The van der Waals surface area contributed by atoms with Gasteiger partial charge in [0.05, 0.1) is 18.6 Å². The van der Waals surface area contributed by atoms with Crippen LogP contribution >= 0.6 is 0 Å². The first-order valence-electron chi connectivity index (χ1n) is 8.52. The number of carboxylic acid groups (broad SMARTS) is 1. The molecule has 0 saturated heterocycles. The number of carbonyl (C=O) groups is 1. The van der Waals surface area contributed by atoms with Crippen molar-refractivity contribution in [1.82, 2.24) is 0 Å². The fourth-order valence-corrected chi connectivity index (χ4v) is 3.40. The van der Waals surface area contributed by atoms with Crippen molar-refractivity contribution in [3.8, 4) is 0 Å². The Labute approximate surface area is 128 Å². The zero-order valence-electron chi connectivity index (χ0n) is 13.4. The molecule has 0 radical (unpaired) electrons. The van der Waals surface area contributed by atoms with Crippen LogP contribution in [0.15, 0.2) is 0 Å². The van der Waals surface area contributed by atoms with E-state index in [0.29, 0.717) is 0 Å². The SMILES string of the molecule is CC1([C@@H](O)C[C@@H](O)CC(=O)O)CCCCCCCCCC1. The van der Waals surface area contributed by atoms with E-state index >= 15 is 0 Å². The second kappa shape index (κ2) is 9.42. The number of aliphatic hydroxyl groups excluding tert-OH is 2. The smallest absolute Gasteiger partial charge is 0.305 e. The Morgan fingerprint density at radius 2 is 1.38 bits per heavy atom. The summed E-state index contributed by atoms with van der Waals surface area (Å²) in [5, 5.41) is 29.0.